The topological polar surface area (TPSA) is 0 Å². The van der Waals surface area contributed by atoms with E-state index in [4.69, 9.17) is 0 Å². The number of benzene rings is 3. The van der Waals surface area contributed by atoms with Gasteiger partial charge in [-0.15, -0.1) is 0 Å². The normalized spacial score (nSPS) is 9.44. The van der Waals surface area contributed by atoms with Gasteiger partial charge < -0.3 is 0 Å². The molecule has 25 heavy (non-hydrogen) atoms. The molecule has 0 saturated heterocycles. The summed E-state index contributed by atoms with van der Waals surface area (Å²) >= 11 is 0. The highest BCUT2D eigenvalue weighted by molar-refractivity contribution is 5.44. The number of hydrogen-bond acceptors (Lipinski definition) is 0. The predicted molar refractivity (Wildman–Crippen MR) is 109 cm³/mol. The molecule has 0 nitrogen and oxygen atoms in total. The standard InChI is InChI=1S/C23H20.C2H6/c1-18-3-7-20(8-4-18)11-12-21-13-15-23(16-14-21)17-22-9-5-19(2)6-10-22;1-2/h3-10,13-16H,17H2,1-2H3;1-2H3. The first-order valence-electron chi connectivity index (χ1n) is 8.92. The molecule has 0 radical (unpaired) electrons. The summed E-state index contributed by atoms with van der Waals surface area (Å²) in [5.74, 6) is 6.44. The molecule has 3 aromatic rings. The molecule has 126 valence electrons. The SMILES string of the molecule is CC.Cc1ccc(C#Cc2ccc(Cc3ccc(C)cc3)cc2)cc1. The zero-order valence-electron chi connectivity index (χ0n) is 15.6. The van der Waals surface area contributed by atoms with Crippen LogP contribution in [0, 0.1) is 25.7 Å². The Hall–Kier alpha value is -2.78. The minimum atomic E-state index is 0.964. The second kappa shape index (κ2) is 9.50. The second-order valence-corrected chi connectivity index (χ2v) is 5.98. The van der Waals surface area contributed by atoms with Gasteiger partial charge in [-0.25, -0.2) is 0 Å². The Morgan fingerprint density at radius 3 is 1.28 bits per heavy atom. The minimum absolute atomic E-state index is 0.964. The van der Waals surface area contributed by atoms with E-state index in [1.165, 1.54) is 22.3 Å². The Labute approximate surface area is 152 Å². The molecule has 0 heteroatoms. The summed E-state index contributed by atoms with van der Waals surface area (Å²) in [5.41, 5.74) is 7.33. The molecular formula is C25H26. The fourth-order valence-corrected chi connectivity index (χ4v) is 2.43. The lowest BCUT2D eigenvalue weighted by atomic mass is 10.0. The first kappa shape index (κ1) is 18.6. The van der Waals surface area contributed by atoms with Crippen molar-refractivity contribution in [1.82, 2.24) is 0 Å². The van der Waals surface area contributed by atoms with Crippen molar-refractivity contribution < 1.29 is 0 Å². The summed E-state index contributed by atoms with van der Waals surface area (Å²) in [6.07, 6.45) is 0.964. The third kappa shape index (κ3) is 5.98. The Bertz CT molecular complexity index is 824. The smallest absolute Gasteiger partial charge is 0.0249 e. The molecule has 3 aromatic carbocycles. The van der Waals surface area contributed by atoms with Crippen LogP contribution in [0.15, 0.2) is 72.8 Å². The summed E-state index contributed by atoms with van der Waals surface area (Å²) in [7, 11) is 0. The highest BCUT2D eigenvalue weighted by atomic mass is 14.0. The van der Waals surface area contributed by atoms with Gasteiger partial charge in [0.05, 0.1) is 0 Å². The third-order valence-electron chi connectivity index (χ3n) is 3.89. The van der Waals surface area contributed by atoms with E-state index < -0.39 is 0 Å². The first-order chi connectivity index (χ1) is 12.2. The Morgan fingerprint density at radius 1 is 0.520 bits per heavy atom. The molecule has 0 amide bonds. The van der Waals surface area contributed by atoms with Crippen LogP contribution in [0.3, 0.4) is 0 Å². The third-order valence-corrected chi connectivity index (χ3v) is 3.89. The summed E-state index contributed by atoms with van der Waals surface area (Å²) in [4.78, 5) is 0. The van der Waals surface area contributed by atoms with E-state index in [1.807, 2.05) is 13.8 Å². The van der Waals surface area contributed by atoms with Gasteiger partial charge >= 0.3 is 0 Å². The first-order valence-corrected chi connectivity index (χ1v) is 8.92. The maximum atomic E-state index is 3.23. The average molecular weight is 326 g/mol. The molecule has 0 heterocycles. The van der Waals surface area contributed by atoms with Gasteiger partial charge in [0.15, 0.2) is 0 Å². The van der Waals surface area contributed by atoms with Crippen molar-refractivity contribution in [3.8, 4) is 11.8 Å². The zero-order chi connectivity index (χ0) is 18.1. The van der Waals surface area contributed by atoms with Gasteiger partial charge in [0.1, 0.15) is 0 Å². The Kier molecular flexibility index (Phi) is 7.05. The van der Waals surface area contributed by atoms with Gasteiger partial charge in [-0.3, -0.25) is 0 Å². The lowest BCUT2D eigenvalue weighted by Gasteiger charge is -2.03. The Balaban J connectivity index is 0.00000109. The van der Waals surface area contributed by atoms with E-state index in [1.54, 1.807) is 0 Å². The van der Waals surface area contributed by atoms with Crippen LogP contribution in [-0.4, -0.2) is 0 Å². The molecule has 0 N–H and O–H groups in total. The van der Waals surface area contributed by atoms with E-state index >= 15 is 0 Å². The van der Waals surface area contributed by atoms with Crippen LogP contribution in [0.2, 0.25) is 0 Å². The van der Waals surface area contributed by atoms with Gasteiger partial charge in [0.2, 0.25) is 0 Å². The van der Waals surface area contributed by atoms with Gasteiger partial charge in [-0.1, -0.05) is 85.3 Å². The lowest BCUT2D eigenvalue weighted by molar-refractivity contribution is 1.18. The molecule has 0 aliphatic carbocycles. The van der Waals surface area contributed by atoms with Gasteiger partial charge in [0, 0.05) is 11.1 Å². The highest BCUT2D eigenvalue weighted by Crippen LogP contribution is 2.12. The van der Waals surface area contributed by atoms with Crippen LogP contribution in [0.1, 0.15) is 47.2 Å². The van der Waals surface area contributed by atoms with Gasteiger partial charge in [0.25, 0.3) is 0 Å². The second-order valence-electron chi connectivity index (χ2n) is 5.98. The quantitative estimate of drug-likeness (QED) is 0.483. The molecule has 3 rings (SSSR count). The Morgan fingerprint density at radius 2 is 0.840 bits per heavy atom. The summed E-state index contributed by atoms with van der Waals surface area (Å²) in [5, 5.41) is 0. The van der Waals surface area contributed by atoms with Crippen LogP contribution < -0.4 is 0 Å². The molecule has 0 atom stereocenters. The minimum Gasteiger partial charge on any atom is -0.0683 e. The highest BCUT2D eigenvalue weighted by Gasteiger charge is 1.96. The molecule has 0 bridgehead atoms. The maximum Gasteiger partial charge on any atom is 0.0249 e. The van der Waals surface area contributed by atoms with Crippen LogP contribution in [0.4, 0.5) is 0 Å². The largest absolute Gasteiger partial charge is 0.0683 e. The van der Waals surface area contributed by atoms with Crippen molar-refractivity contribution >= 4 is 0 Å². The van der Waals surface area contributed by atoms with Crippen molar-refractivity contribution in [2.24, 2.45) is 0 Å². The van der Waals surface area contributed by atoms with Crippen molar-refractivity contribution in [3.05, 3.63) is 106 Å². The van der Waals surface area contributed by atoms with E-state index in [2.05, 4.69) is 98.5 Å². The monoisotopic (exact) mass is 326 g/mol. The van der Waals surface area contributed by atoms with Gasteiger partial charge in [-0.2, -0.15) is 0 Å². The molecule has 0 aromatic heterocycles. The van der Waals surface area contributed by atoms with Crippen LogP contribution in [0.5, 0.6) is 0 Å². The average Bonchev–Trinajstić information content (AvgIpc) is 2.66. The zero-order valence-corrected chi connectivity index (χ0v) is 15.6. The summed E-state index contributed by atoms with van der Waals surface area (Å²) < 4.78 is 0. The summed E-state index contributed by atoms with van der Waals surface area (Å²) in [6, 6.07) is 25.6. The van der Waals surface area contributed by atoms with Crippen molar-refractivity contribution in [3.63, 3.8) is 0 Å². The summed E-state index contributed by atoms with van der Waals surface area (Å²) in [6.45, 7) is 8.20. The lowest BCUT2D eigenvalue weighted by Crippen LogP contribution is -1.88. The molecule has 0 unspecified atom stereocenters. The van der Waals surface area contributed by atoms with Crippen molar-refractivity contribution in [2.45, 2.75) is 34.1 Å². The van der Waals surface area contributed by atoms with Crippen molar-refractivity contribution in [2.75, 3.05) is 0 Å². The van der Waals surface area contributed by atoms with Gasteiger partial charge in [-0.05, 0) is 55.7 Å². The van der Waals surface area contributed by atoms with E-state index in [9.17, 15) is 0 Å². The molecule has 0 saturated carbocycles. The molecule has 0 spiro atoms. The van der Waals surface area contributed by atoms with Crippen LogP contribution >= 0.6 is 0 Å². The van der Waals surface area contributed by atoms with E-state index in [0.717, 1.165) is 17.5 Å². The predicted octanol–water partition coefficient (Wildman–Crippen LogP) is 6.32. The molecular weight excluding hydrogens is 300 g/mol. The number of hydrogen-bond donors (Lipinski definition) is 0. The number of rotatable bonds is 2. The fourth-order valence-electron chi connectivity index (χ4n) is 2.43. The molecule has 0 aliphatic heterocycles. The van der Waals surface area contributed by atoms with E-state index in [-0.39, 0.29) is 0 Å². The maximum absolute atomic E-state index is 3.23. The molecule has 0 fully saturated rings. The van der Waals surface area contributed by atoms with Crippen LogP contribution in [0.25, 0.3) is 0 Å². The van der Waals surface area contributed by atoms with Crippen molar-refractivity contribution in [1.29, 1.82) is 0 Å². The number of aryl methyl sites for hydroxylation is 2. The molecule has 0 aliphatic rings. The van der Waals surface area contributed by atoms with Crippen LogP contribution in [-0.2, 0) is 6.42 Å². The fraction of sp³-hybridized carbons (Fsp3) is 0.200. The van der Waals surface area contributed by atoms with E-state index in [0.29, 0.717) is 0 Å².